The van der Waals surface area contributed by atoms with Crippen LogP contribution in [0.3, 0.4) is 0 Å². The molecule has 7 nitrogen and oxygen atoms in total. The summed E-state index contributed by atoms with van der Waals surface area (Å²) in [6.07, 6.45) is 2.27. The zero-order valence-corrected chi connectivity index (χ0v) is 13.8. The van der Waals surface area contributed by atoms with E-state index in [0.29, 0.717) is 18.7 Å². The van der Waals surface area contributed by atoms with Crippen molar-refractivity contribution in [2.45, 2.75) is 19.9 Å². The van der Waals surface area contributed by atoms with E-state index in [0.717, 1.165) is 12.0 Å². The van der Waals surface area contributed by atoms with Crippen LogP contribution in [0.5, 0.6) is 0 Å². The van der Waals surface area contributed by atoms with Gasteiger partial charge in [-0.15, -0.1) is 0 Å². The van der Waals surface area contributed by atoms with E-state index < -0.39 is 16.2 Å². The van der Waals surface area contributed by atoms with Gasteiger partial charge in [-0.2, -0.15) is 0 Å². The molecule has 0 spiro atoms. The maximum Gasteiger partial charge on any atom is 0.376 e. The van der Waals surface area contributed by atoms with E-state index in [9.17, 15) is 14.9 Å². The molecule has 0 bridgehead atoms. The minimum Gasteiger partial charge on any atom is -0.346 e. The summed E-state index contributed by atoms with van der Waals surface area (Å²) in [5.74, 6) is 0.118. The van der Waals surface area contributed by atoms with Gasteiger partial charge in [0.1, 0.15) is 5.65 Å². The third kappa shape index (κ3) is 3.35. The Kier molecular flexibility index (Phi) is 4.74. The molecule has 0 saturated carbocycles. The highest BCUT2D eigenvalue weighted by atomic mass is 16.6. The summed E-state index contributed by atoms with van der Waals surface area (Å²) < 4.78 is 1.20. The highest BCUT2D eigenvalue weighted by Gasteiger charge is 2.27. The summed E-state index contributed by atoms with van der Waals surface area (Å²) in [5, 5.41) is 11.6. The van der Waals surface area contributed by atoms with Crippen molar-refractivity contribution in [3.8, 4) is 0 Å². The zero-order chi connectivity index (χ0) is 17.8. The van der Waals surface area contributed by atoms with Gasteiger partial charge < -0.3 is 4.90 Å². The van der Waals surface area contributed by atoms with Crippen molar-refractivity contribution in [3.63, 3.8) is 0 Å². The minimum atomic E-state index is -0.667. The first-order valence-electron chi connectivity index (χ1n) is 8.06. The number of nitro groups is 1. The molecule has 2 aromatic heterocycles. The molecular weight excluding hydrogens is 320 g/mol. The van der Waals surface area contributed by atoms with Crippen LogP contribution in [-0.4, -0.2) is 20.9 Å². The van der Waals surface area contributed by atoms with Crippen LogP contribution in [0.2, 0.25) is 0 Å². The van der Waals surface area contributed by atoms with Crippen LogP contribution in [0.15, 0.2) is 59.5 Å². The van der Waals surface area contributed by atoms with Gasteiger partial charge in [-0.1, -0.05) is 43.3 Å². The molecule has 0 amide bonds. The molecule has 0 fully saturated rings. The van der Waals surface area contributed by atoms with Gasteiger partial charge in [-0.25, -0.2) is 4.98 Å². The normalized spacial score (nSPS) is 10.8. The van der Waals surface area contributed by atoms with Crippen molar-refractivity contribution >= 4 is 17.2 Å². The fraction of sp³-hybridized carbons (Fsp3) is 0.222. The molecule has 3 aromatic rings. The molecule has 0 N–H and O–H groups in total. The lowest BCUT2D eigenvalue weighted by Crippen LogP contribution is -2.29. The van der Waals surface area contributed by atoms with Crippen LogP contribution >= 0.6 is 0 Å². The van der Waals surface area contributed by atoms with Crippen LogP contribution in [-0.2, 0) is 6.54 Å². The number of anilines is 1. The van der Waals surface area contributed by atoms with Gasteiger partial charge in [0.2, 0.25) is 5.82 Å². The van der Waals surface area contributed by atoms with Crippen molar-refractivity contribution in [2.24, 2.45) is 0 Å². The van der Waals surface area contributed by atoms with Gasteiger partial charge in [-0.05, 0) is 24.1 Å². The van der Waals surface area contributed by atoms with Gasteiger partial charge in [-0.3, -0.25) is 19.3 Å². The molecule has 2 heterocycles. The Hall–Kier alpha value is -3.22. The average Bonchev–Trinajstić information content (AvgIpc) is 2.62. The van der Waals surface area contributed by atoms with Crippen molar-refractivity contribution in [1.29, 1.82) is 0 Å². The maximum absolute atomic E-state index is 12.6. The van der Waals surface area contributed by atoms with E-state index in [2.05, 4.69) is 4.98 Å². The van der Waals surface area contributed by atoms with E-state index in [-0.39, 0.29) is 5.82 Å². The minimum absolute atomic E-state index is 0.118. The van der Waals surface area contributed by atoms with Crippen molar-refractivity contribution in [2.75, 3.05) is 11.4 Å². The van der Waals surface area contributed by atoms with Crippen LogP contribution < -0.4 is 10.5 Å². The third-order valence-corrected chi connectivity index (χ3v) is 3.88. The van der Waals surface area contributed by atoms with Crippen molar-refractivity contribution in [3.05, 3.63) is 80.8 Å². The van der Waals surface area contributed by atoms with Crippen LogP contribution in [0.1, 0.15) is 18.9 Å². The largest absolute Gasteiger partial charge is 0.376 e. The maximum atomic E-state index is 12.6. The molecule has 0 aliphatic heterocycles. The monoisotopic (exact) mass is 338 g/mol. The number of pyridine rings is 1. The van der Waals surface area contributed by atoms with Gasteiger partial charge in [0.05, 0.1) is 4.92 Å². The summed E-state index contributed by atoms with van der Waals surface area (Å²) in [5.41, 5.74) is 0.232. The Balaban J connectivity index is 2.17. The second kappa shape index (κ2) is 7.12. The number of fused-ring (bicyclic) bond motifs is 1. The molecule has 0 atom stereocenters. The molecule has 0 aliphatic carbocycles. The molecular formula is C18H18N4O3. The Bertz CT molecular complexity index is 953. The Morgan fingerprint density at radius 2 is 1.88 bits per heavy atom. The fourth-order valence-electron chi connectivity index (χ4n) is 2.78. The Morgan fingerprint density at radius 1 is 1.16 bits per heavy atom. The third-order valence-electron chi connectivity index (χ3n) is 3.88. The highest BCUT2D eigenvalue weighted by Crippen LogP contribution is 2.24. The first kappa shape index (κ1) is 16.6. The summed E-state index contributed by atoms with van der Waals surface area (Å²) >= 11 is 0. The van der Waals surface area contributed by atoms with E-state index >= 15 is 0 Å². The number of aromatic nitrogens is 2. The SMILES string of the molecule is CCCN(Cc1ccccc1)c1nc2ccccn2c(=O)c1[N+](=O)[O-]. The van der Waals surface area contributed by atoms with Gasteiger partial charge in [0.15, 0.2) is 0 Å². The molecule has 0 saturated heterocycles. The molecule has 0 aliphatic rings. The van der Waals surface area contributed by atoms with Crippen molar-refractivity contribution in [1.82, 2.24) is 9.38 Å². The second-order valence-corrected chi connectivity index (χ2v) is 5.68. The number of benzene rings is 1. The summed E-state index contributed by atoms with van der Waals surface area (Å²) in [6, 6.07) is 14.7. The van der Waals surface area contributed by atoms with Crippen LogP contribution in [0.4, 0.5) is 11.5 Å². The lowest BCUT2D eigenvalue weighted by Gasteiger charge is -2.23. The molecule has 128 valence electrons. The van der Waals surface area contributed by atoms with Crippen LogP contribution in [0, 0.1) is 10.1 Å². The van der Waals surface area contributed by atoms with E-state index in [1.807, 2.05) is 37.3 Å². The number of nitrogens with zero attached hydrogens (tertiary/aromatic N) is 4. The molecule has 0 radical (unpaired) electrons. The number of hydrogen-bond donors (Lipinski definition) is 0. The highest BCUT2D eigenvalue weighted by molar-refractivity contribution is 5.61. The van der Waals surface area contributed by atoms with Gasteiger partial charge in [0, 0.05) is 19.3 Å². The van der Waals surface area contributed by atoms with E-state index in [1.54, 1.807) is 23.1 Å². The number of hydrogen-bond acceptors (Lipinski definition) is 5. The molecule has 1 aromatic carbocycles. The second-order valence-electron chi connectivity index (χ2n) is 5.68. The smallest absolute Gasteiger partial charge is 0.346 e. The van der Waals surface area contributed by atoms with Gasteiger partial charge >= 0.3 is 11.2 Å². The fourth-order valence-corrected chi connectivity index (χ4v) is 2.78. The molecule has 7 heteroatoms. The van der Waals surface area contributed by atoms with Crippen molar-refractivity contribution < 1.29 is 4.92 Å². The zero-order valence-electron chi connectivity index (χ0n) is 13.8. The average molecular weight is 338 g/mol. The molecule has 25 heavy (non-hydrogen) atoms. The first-order valence-corrected chi connectivity index (χ1v) is 8.06. The summed E-state index contributed by atoms with van der Waals surface area (Å²) in [7, 11) is 0. The number of rotatable bonds is 6. The van der Waals surface area contributed by atoms with E-state index in [1.165, 1.54) is 10.6 Å². The Labute approximate surface area is 144 Å². The first-order chi connectivity index (χ1) is 12.1. The Morgan fingerprint density at radius 3 is 2.56 bits per heavy atom. The quantitative estimate of drug-likeness (QED) is 0.510. The summed E-state index contributed by atoms with van der Waals surface area (Å²) in [6.45, 7) is 2.99. The summed E-state index contributed by atoms with van der Waals surface area (Å²) in [4.78, 5) is 29.8. The lowest BCUT2D eigenvalue weighted by molar-refractivity contribution is -0.385. The predicted octanol–water partition coefficient (Wildman–Crippen LogP) is 3.02. The van der Waals surface area contributed by atoms with Crippen LogP contribution in [0.25, 0.3) is 5.65 Å². The molecule has 0 unspecified atom stereocenters. The molecule has 3 rings (SSSR count). The topological polar surface area (TPSA) is 80.8 Å². The van der Waals surface area contributed by atoms with E-state index in [4.69, 9.17) is 0 Å². The van der Waals surface area contributed by atoms with Gasteiger partial charge in [0.25, 0.3) is 0 Å². The lowest BCUT2D eigenvalue weighted by atomic mass is 10.2. The predicted molar refractivity (Wildman–Crippen MR) is 95.9 cm³/mol. The standard InChI is InChI=1S/C18H18N4O3/c1-2-11-20(13-14-8-4-3-5-9-14)17-16(22(24)25)18(23)21-12-7-6-10-15(21)19-17/h3-10,12H,2,11,13H2,1H3.